The van der Waals surface area contributed by atoms with Crippen LogP contribution in [0.2, 0.25) is 0 Å². The molecular weight excluding hydrogens is 354 g/mol. The van der Waals surface area contributed by atoms with Gasteiger partial charge in [0.1, 0.15) is 0 Å². The van der Waals surface area contributed by atoms with Crippen molar-refractivity contribution in [2.75, 3.05) is 11.9 Å². The molecule has 1 fully saturated rings. The highest BCUT2D eigenvalue weighted by Crippen LogP contribution is 2.23. The lowest BCUT2D eigenvalue weighted by Gasteiger charge is -2.13. The summed E-state index contributed by atoms with van der Waals surface area (Å²) in [7, 11) is 0. The summed E-state index contributed by atoms with van der Waals surface area (Å²) in [6, 6.07) is 6.82. The molecule has 2 heterocycles. The second-order valence-corrected chi connectivity index (χ2v) is 7.47. The monoisotopic (exact) mass is 375 g/mol. The van der Waals surface area contributed by atoms with Crippen LogP contribution in [0.5, 0.6) is 0 Å². The molecule has 1 saturated heterocycles. The fourth-order valence-corrected chi connectivity index (χ4v) is 3.42. The summed E-state index contributed by atoms with van der Waals surface area (Å²) in [5, 5.41) is 14.8. The molecule has 2 atom stereocenters. The molecule has 138 valence electrons. The van der Waals surface area contributed by atoms with Gasteiger partial charge in [-0.05, 0) is 61.4 Å². The number of amides is 1. The maximum absolute atomic E-state index is 12.4. The Morgan fingerprint density at radius 2 is 2.15 bits per heavy atom. The lowest BCUT2D eigenvalue weighted by atomic mass is 10.1. The zero-order valence-corrected chi connectivity index (χ0v) is 15.5. The number of carbonyl (C=O) groups excluding carboxylic acids is 2. The molecule has 0 radical (unpaired) electrons. The van der Waals surface area contributed by atoms with Crippen LogP contribution in [-0.2, 0) is 16.1 Å². The highest BCUT2D eigenvalue weighted by atomic mass is 32.2. The van der Waals surface area contributed by atoms with E-state index in [1.807, 2.05) is 0 Å². The number of nitrogens with one attached hydrogen (secondary N) is 1. The summed E-state index contributed by atoms with van der Waals surface area (Å²) in [5.41, 5.74) is 1.25. The molecule has 1 aliphatic rings. The first kappa shape index (κ1) is 18.5. The van der Waals surface area contributed by atoms with Gasteiger partial charge in [-0.2, -0.15) is 0 Å². The minimum atomic E-state index is -0.378. The second-order valence-electron chi connectivity index (χ2n) is 6.16. The molecular formula is C17H21N5O3S. The number of ether oxygens (including phenoxy) is 1. The number of aromatic nitrogens is 4. The van der Waals surface area contributed by atoms with E-state index in [4.69, 9.17) is 4.74 Å². The van der Waals surface area contributed by atoms with Crippen molar-refractivity contribution in [1.29, 1.82) is 0 Å². The fraction of sp³-hybridized carbons (Fsp3) is 0.471. The van der Waals surface area contributed by atoms with E-state index in [1.165, 1.54) is 18.7 Å². The Morgan fingerprint density at radius 1 is 1.38 bits per heavy atom. The number of ketones is 1. The minimum absolute atomic E-state index is 0.00937. The standard InChI is InChI=1S/C17H21N5O3S/c1-11(23)13-5-7-14(8-6-13)18-16(24)12(2)26-17-19-20-21-22(17)10-15-4-3-9-25-15/h5-8,12,15H,3-4,9-10H2,1-2H3,(H,18,24)/t12-,15-/m0/s1. The average molecular weight is 375 g/mol. The van der Waals surface area contributed by atoms with E-state index in [2.05, 4.69) is 20.8 Å². The number of anilines is 1. The molecule has 3 rings (SSSR count). The molecule has 26 heavy (non-hydrogen) atoms. The zero-order chi connectivity index (χ0) is 18.5. The molecule has 0 spiro atoms. The van der Waals surface area contributed by atoms with Gasteiger partial charge in [-0.25, -0.2) is 4.68 Å². The lowest BCUT2D eigenvalue weighted by molar-refractivity contribution is -0.115. The van der Waals surface area contributed by atoms with Gasteiger partial charge in [0.05, 0.1) is 17.9 Å². The number of Topliss-reactive ketones (excluding diaryl/α,β-unsaturated/α-hetero) is 1. The Balaban J connectivity index is 1.57. The molecule has 1 N–H and O–H groups in total. The number of nitrogens with zero attached hydrogens (tertiary/aromatic N) is 4. The molecule has 1 amide bonds. The Labute approximate surface area is 155 Å². The summed E-state index contributed by atoms with van der Waals surface area (Å²) in [4.78, 5) is 23.7. The van der Waals surface area contributed by atoms with Gasteiger partial charge in [0.2, 0.25) is 11.1 Å². The number of rotatable bonds is 7. The number of hydrogen-bond donors (Lipinski definition) is 1. The summed E-state index contributed by atoms with van der Waals surface area (Å²) in [6.45, 7) is 4.68. The van der Waals surface area contributed by atoms with E-state index < -0.39 is 0 Å². The summed E-state index contributed by atoms with van der Waals surface area (Å²) >= 11 is 1.30. The molecule has 0 unspecified atom stereocenters. The molecule has 8 nitrogen and oxygen atoms in total. The topological polar surface area (TPSA) is 99.0 Å². The molecule has 1 aromatic heterocycles. The van der Waals surface area contributed by atoms with Gasteiger partial charge >= 0.3 is 0 Å². The van der Waals surface area contributed by atoms with Crippen molar-refractivity contribution in [3.8, 4) is 0 Å². The van der Waals surface area contributed by atoms with Crippen molar-refractivity contribution >= 4 is 29.1 Å². The first-order chi connectivity index (χ1) is 12.5. The summed E-state index contributed by atoms with van der Waals surface area (Å²) < 4.78 is 7.30. The Morgan fingerprint density at radius 3 is 2.81 bits per heavy atom. The fourth-order valence-electron chi connectivity index (χ4n) is 2.62. The molecule has 0 saturated carbocycles. The highest BCUT2D eigenvalue weighted by Gasteiger charge is 2.22. The van der Waals surface area contributed by atoms with Crippen LogP contribution in [0.3, 0.4) is 0 Å². The van der Waals surface area contributed by atoms with Crippen LogP contribution in [0.25, 0.3) is 0 Å². The summed E-state index contributed by atoms with van der Waals surface area (Å²) in [6.07, 6.45) is 2.18. The van der Waals surface area contributed by atoms with Crippen LogP contribution in [-0.4, -0.2) is 49.9 Å². The molecule has 1 aliphatic heterocycles. The highest BCUT2D eigenvalue weighted by molar-refractivity contribution is 8.00. The number of hydrogen-bond acceptors (Lipinski definition) is 7. The van der Waals surface area contributed by atoms with Crippen LogP contribution < -0.4 is 5.32 Å². The van der Waals surface area contributed by atoms with Crippen LogP contribution in [0, 0.1) is 0 Å². The molecule has 2 aromatic rings. The average Bonchev–Trinajstić information content (AvgIpc) is 3.28. The smallest absolute Gasteiger partial charge is 0.237 e. The van der Waals surface area contributed by atoms with Crippen molar-refractivity contribution in [2.24, 2.45) is 0 Å². The number of benzene rings is 1. The van der Waals surface area contributed by atoms with Crippen LogP contribution in [0.1, 0.15) is 37.0 Å². The van der Waals surface area contributed by atoms with Crippen molar-refractivity contribution in [3.05, 3.63) is 29.8 Å². The maximum Gasteiger partial charge on any atom is 0.237 e. The third-order valence-electron chi connectivity index (χ3n) is 4.11. The maximum atomic E-state index is 12.4. The predicted molar refractivity (Wildman–Crippen MR) is 97.2 cm³/mol. The van der Waals surface area contributed by atoms with Gasteiger partial charge in [-0.15, -0.1) is 5.10 Å². The quantitative estimate of drug-likeness (QED) is 0.585. The summed E-state index contributed by atoms with van der Waals surface area (Å²) in [5.74, 6) is -0.165. The first-order valence-corrected chi connectivity index (χ1v) is 9.37. The largest absolute Gasteiger partial charge is 0.376 e. The normalized spacial score (nSPS) is 17.8. The molecule has 9 heteroatoms. The van der Waals surface area contributed by atoms with Gasteiger partial charge in [0.25, 0.3) is 0 Å². The van der Waals surface area contributed by atoms with Crippen molar-refractivity contribution in [2.45, 2.75) is 49.7 Å². The van der Waals surface area contributed by atoms with Gasteiger partial charge in [0, 0.05) is 17.9 Å². The number of carbonyl (C=O) groups is 2. The van der Waals surface area contributed by atoms with E-state index in [9.17, 15) is 9.59 Å². The van der Waals surface area contributed by atoms with Crippen LogP contribution in [0.4, 0.5) is 5.69 Å². The Bertz CT molecular complexity index is 771. The second kappa shape index (κ2) is 8.41. The Hall–Kier alpha value is -2.26. The third-order valence-corrected chi connectivity index (χ3v) is 5.18. The van der Waals surface area contributed by atoms with Crippen LogP contribution >= 0.6 is 11.8 Å². The van der Waals surface area contributed by atoms with E-state index in [0.29, 0.717) is 23.0 Å². The molecule has 0 aliphatic carbocycles. The van der Waals surface area contributed by atoms with Gasteiger partial charge in [-0.3, -0.25) is 9.59 Å². The lowest BCUT2D eigenvalue weighted by Crippen LogP contribution is -2.23. The van der Waals surface area contributed by atoms with Crippen molar-refractivity contribution in [1.82, 2.24) is 20.2 Å². The van der Waals surface area contributed by atoms with E-state index >= 15 is 0 Å². The van der Waals surface area contributed by atoms with Crippen molar-refractivity contribution < 1.29 is 14.3 Å². The van der Waals surface area contributed by atoms with Gasteiger partial charge < -0.3 is 10.1 Å². The molecule has 0 bridgehead atoms. The van der Waals surface area contributed by atoms with Crippen molar-refractivity contribution in [3.63, 3.8) is 0 Å². The van der Waals surface area contributed by atoms with E-state index in [1.54, 1.807) is 35.9 Å². The Kier molecular flexibility index (Phi) is 6.00. The SMILES string of the molecule is CC(=O)c1ccc(NC(=O)[C@H](C)Sc2nnnn2C[C@@H]2CCCO2)cc1. The number of tetrazole rings is 1. The first-order valence-electron chi connectivity index (χ1n) is 8.49. The van der Waals surface area contributed by atoms with Crippen LogP contribution in [0.15, 0.2) is 29.4 Å². The minimum Gasteiger partial charge on any atom is -0.376 e. The van der Waals surface area contributed by atoms with Gasteiger partial charge in [0.15, 0.2) is 5.78 Å². The third kappa shape index (κ3) is 4.67. The van der Waals surface area contributed by atoms with Gasteiger partial charge in [-0.1, -0.05) is 11.8 Å². The predicted octanol–water partition coefficient (Wildman–Crippen LogP) is 2.17. The molecule has 1 aromatic carbocycles. The zero-order valence-electron chi connectivity index (χ0n) is 14.7. The van der Waals surface area contributed by atoms with E-state index in [0.717, 1.165) is 19.4 Å². The van der Waals surface area contributed by atoms with E-state index in [-0.39, 0.29) is 23.0 Å². The number of thioether (sulfide) groups is 1.